The number of thiazole rings is 1. The molecule has 1 N–H and O–H groups in total. The predicted octanol–water partition coefficient (Wildman–Crippen LogP) is 4.23. The molecule has 0 amide bonds. The minimum absolute atomic E-state index is 0.561. The van der Waals surface area contributed by atoms with Crippen LogP contribution in [0, 0.1) is 18.3 Å². The molecule has 104 valence electrons. The Morgan fingerprint density at radius 1 is 1.24 bits per heavy atom. The van der Waals surface area contributed by atoms with E-state index in [9.17, 15) is 5.26 Å². The van der Waals surface area contributed by atoms with E-state index in [2.05, 4.69) is 29.4 Å². The van der Waals surface area contributed by atoms with Crippen molar-refractivity contribution < 1.29 is 4.74 Å². The van der Waals surface area contributed by atoms with Gasteiger partial charge in [-0.1, -0.05) is 17.4 Å². The summed E-state index contributed by atoms with van der Waals surface area (Å²) in [6, 6.07) is 13.6. The fraction of sp³-hybridized carbons (Fsp3) is 0.125. The van der Waals surface area contributed by atoms with E-state index in [1.54, 1.807) is 36.6 Å². The number of nitriles is 1. The minimum Gasteiger partial charge on any atom is -0.497 e. The van der Waals surface area contributed by atoms with Gasteiger partial charge >= 0.3 is 0 Å². The lowest BCUT2D eigenvalue weighted by molar-refractivity contribution is 0.415. The average molecular weight is 295 g/mol. The molecular weight excluding hydrogens is 282 g/mol. The number of benzene rings is 2. The van der Waals surface area contributed by atoms with Crippen LogP contribution in [0.4, 0.5) is 10.8 Å². The first-order valence-corrected chi connectivity index (χ1v) is 7.23. The summed E-state index contributed by atoms with van der Waals surface area (Å²) in [6.07, 6.45) is 0. The Morgan fingerprint density at radius 3 is 2.86 bits per heavy atom. The summed E-state index contributed by atoms with van der Waals surface area (Å²) in [5.41, 5.74) is 3.42. The molecule has 0 atom stereocenters. The van der Waals surface area contributed by atoms with Crippen molar-refractivity contribution in [2.45, 2.75) is 6.92 Å². The van der Waals surface area contributed by atoms with Gasteiger partial charge in [-0.3, -0.25) is 0 Å². The number of nitrogens with zero attached hydrogens (tertiary/aromatic N) is 2. The van der Waals surface area contributed by atoms with E-state index in [1.165, 1.54) is 5.56 Å². The number of ether oxygens (including phenoxy) is 1. The average Bonchev–Trinajstić information content (AvgIpc) is 2.88. The van der Waals surface area contributed by atoms with Crippen LogP contribution in [0.1, 0.15) is 11.1 Å². The largest absolute Gasteiger partial charge is 0.497 e. The number of fused-ring (bicyclic) bond motifs is 1. The van der Waals surface area contributed by atoms with Crippen LogP contribution in [0.25, 0.3) is 10.2 Å². The Kier molecular flexibility index (Phi) is 3.46. The smallest absolute Gasteiger partial charge is 0.188 e. The molecule has 0 aliphatic carbocycles. The van der Waals surface area contributed by atoms with Crippen LogP contribution in [0.2, 0.25) is 0 Å². The molecule has 4 nitrogen and oxygen atoms in total. The second-order valence-corrected chi connectivity index (χ2v) is 5.67. The number of hydrogen-bond donors (Lipinski definition) is 1. The third-order valence-electron chi connectivity index (χ3n) is 3.13. The Balaban J connectivity index is 2.00. The van der Waals surface area contributed by atoms with E-state index in [-0.39, 0.29) is 0 Å². The number of aryl methyl sites for hydroxylation is 1. The van der Waals surface area contributed by atoms with Gasteiger partial charge in [-0.2, -0.15) is 5.26 Å². The van der Waals surface area contributed by atoms with Crippen molar-refractivity contribution in [1.82, 2.24) is 4.98 Å². The van der Waals surface area contributed by atoms with Gasteiger partial charge in [0.2, 0.25) is 0 Å². The van der Waals surface area contributed by atoms with Crippen LogP contribution in [0.3, 0.4) is 0 Å². The lowest BCUT2D eigenvalue weighted by Crippen LogP contribution is -1.94. The standard InChI is InChI=1S/C16H13N3OS/c1-10-3-6-13-15(7-10)21-16(18-13)19-14-8-12(20-2)5-4-11(14)9-17/h3-8H,1-2H3,(H,18,19). The first-order chi connectivity index (χ1) is 10.2. The van der Waals surface area contributed by atoms with Crippen molar-refractivity contribution in [2.24, 2.45) is 0 Å². The third-order valence-corrected chi connectivity index (χ3v) is 4.07. The quantitative estimate of drug-likeness (QED) is 0.785. The van der Waals surface area contributed by atoms with E-state index < -0.39 is 0 Å². The van der Waals surface area contributed by atoms with Gasteiger partial charge in [-0.25, -0.2) is 4.98 Å². The molecule has 0 bridgehead atoms. The van der Waals surface area contributed by atoms with Gasteiger partial charge in [0.05, 0.1) is 28.6 Å². The van der Waals surface area contributed by atoms with Gasteiger partial charge in [0, 0.05) is 6.07 Å². The first-order valence-electron chi connectivity index (χ1n) is 6.42. The maximum absolute atomic E-state index is 9.19. The zero-order valence-electron chi connectivity index (χ0n) is 11.7. The van der Waals surface area contributed by atoms with Crippen LogP contribution in [-0.2, 0) is 0 Å². The molecule has 0 aliphatic heterocycles. The highest BCUT2D eigenvalue weighted by molar-refractivity contribution is 7.22. The fourth-order valence-corrected chi connectivity index (χ4v) is 3.03. The molecule has 1 heterocycles. The van der Waals surface area contributed by atoms with E-state index in [1.807, 2.05) is 12.1 Å². The number of nitrogens with one attached hydrogen (secondary N) is 1. The Hall–Kier alpha value is -2.58. The van der Waals surface area contributed by atoms with Crippen molar-refractivity contribution in [3.8, 4) is 11.8 Å². The minimum atomic E-state index is 0.561. The van der Waals surface area contributed by atoms with Crippen LogP contribution >= 0.6 is 11.3 Å². The van der Waals surface area contributed by atoms with Gasteiger partial charge in [-0.05, 0) is 36.8 Å². The first kappa shape index (κ1) is 13.4. The molecular formula is C16H13N3OS. The maximum Gasteiger partial charge on any atom is 0.188 e. The van der Waals surface area contributed by atoms with E-state index in [0.717, 1.165) is 15.3 Å². The number of hydrogen-bond acceptors (Lipinski definition) is 5. The van der Waals surface area contributed by atoms with Crippen molar-refractivity contribution in [2.75, 3.05) is 12.4 Å². The summed E-state index contributed by atoms with van der Waals surface area (Å²) in [5, 5.41) is 13.2. The normalized spacial score (nSPS) is 10.3. The summed E-state index contributed by atoms with van der Waals surface area (Å²) < 4.78 is 6.32. The molecule has 0 spiro atoms. The van der Waals surface area contributed by atoms with Crippen LogP contribution < -0.4 is 10.1 Å². The second-order valence-electron chi connectivity index (χ2n) is 4.64. The second kappa shape index (κ2) is 5.43. The molecule has 5 heteroatoms. The van der Waals surface area contributed by atoms with Gasteiger partial charge in [0.1, 0.15) is 11.8 Å². The Labute approximate surface area is 126 Å². The van der Waals surface area contributed by atoms with Crippen LogP contribution in [0.5, 0.6) is 5.75 Å². The summed E-state index contributed by atoms with van der Waals surface area (Å²) >= 11 is 1.57. The zero-order chi connectivity index (χ0) is 14.8. The van der Waals surface area contributed by atoms with Crippen molar-refractivity contribution >= 4 is 32.4 Å². The van der Waals surface area contributed by atoms with Crippen LogP contribution in [0.15, 0.2) is 36.4 Å². The summed E-state index contributed by atoms with van der Waals surface area (Å²) in [4.78, 5) is 4.54. The molecule has 0 saturated heterocycles. The molecule has 3 aromatic rings. The molecule has 0 fully saturated rings. The summed E-state index contributed by atoms with van der Waals surface area (Å²) in [5.74, 6) is 0.702. The van der Waals surface area contributed by atoms with E-state index >= 15 is 0 Å². The van der Waals surface area contributed by atoms with Gasteiger partial charge in [-0.15, -0.1) is 0 Å². The summed E-state index contributed by atoms with van der Waals surface area (Å²) in [6.45, 7) is 2.06. The predicted molar refractivity (Wildman–Crippen MR) is 85.3 cm³/mol. The van der Waals surface area contributed by atoms with Crippen molar-refractivity contribution in [3.05, 3.63) is 47.5 Å². The fourth-order valence-electron chi connectivity index (χ4n) is 2.05. The monoisotopic (exact) mass is 295 g/mol. The highest BCUT2D eigenvalue weighted by atomic mass is 32.1. The number of methoxy groups -OCH3 is 1. The highest BCUT2D eigenvalue weighted by Crippen LogP contribution is 2.31. The van der Waals surface area contributed by atoms with Crippen molar-refractivity contribution in [1.29, 1.82) is 5.26 Å². The molecule has 0 radical (unpaired) electrons. The topological polar surface area (TPSA) is 57.9 Å². The SMILES string of the molecule is COc1ccc(C#N)c(Nc2nc3ccc(C)cc3s2)c1. The van der Waals surface area contributed by atoms with Crippen molar-refractivity contribution in [3.63, 3.8) is 0 Å². The Morgan fingerprint density at radius 2 is 2.10 bits per heavy atom. The van der Waals surface area contributed by atoms with Gasteiger partial charge in [0.25, 0.3) is 0 Å². The molecule has 21 heavy (non-hydrogen) atoms. The zero-order valence-corrected chi connectivity index (χ0v) is 12.5. The Bertz CT molecular complexity index is 848. The number of rotatable bonds is 3. The molecule has 0 unspecified atom stereocenters. The molecule has 0 saturated carbocycles. The van der Waals surface area contributed by atoms with E-state index in [0.29, 0.717) is 17.0 Å². The van der Waals surface area contributed by atoms with E-state index in [4.69, 9.17) is 4.74 Å². The molecule has 0 aliphatic rings. The summed E-state index contributed by atoms with van der Waals surface area (Å²) in [7, 11) is 1.60. The van der Waals surface area contributed by atoms with Gasteiger partial charge in [0.15, 0.2) is 5.13 Å². The molecule has 3 rings (SSSR count). The number of anilines is 2. The highest BCUT2D eigenvalue weighted by Gasteiger charge is 2.08. The molecule has 2 aromatic carbocycles. The number of aromatic nitrogens is 1. The van der Waals surface area contributed by atoms with Crippen LogP contribution in [-0.4, -0.2) is 12.1 Å². The maximum atomic E-state index is 9.19. The van der Waals surface area contributed by atoms with Gasteiger partial charge < -0.3 is 10.1 Å². The third kappa shape index (κ3) is 2.67. The lowest BCUT2D eigenvalue weighted by atomic mass is 10.2. The molecule has 1 aromatic heterocycles. The lowest BCUT2D eigenvalue weighted by Gasteiger charge is -2.07.